The van der Waals surface area contributed by atoms with Crippen LogP contribution in [0.4, 0.5) is 36.4 Å². The molecule has 0 saturated heterocycles. The van der Waals surface area contributed by atoms with Crippen LogP contribution in [-0.2, 0) is 5.67 Å². The van der Waals surface area contributed by atoms with Crippen molar-refractivity contribution >= 4 is 67.7 Å². The summed E-state index contributed by atoms with van der Waals surface area (Å²) >= 11 is 2.89. The maximum Gasteiger partial charge on any atom is 0.435 e. The van der Waals surface area contributed by atoms with Gasteiger partial charge in [0, 0.05) is 29.9 Å². The van der Waals surface area contributed by atoms with E-state index in [1.165, 1.54) is 57.3 Å². The Labute approximate surface area is 197 Å². The highest BCUT2D eigenvalue weighted by molar-refractivity contribution is 14.1. The Morgan fingerprint density at radius 2 is 1.45 bits per heavy atom. The van der Waals surface area contributed by atoms with Crippen molar-refractivity contribution in [2.24, 2.45) is 0 Å². The van der Waals surface area contributed by atoms with Gasteiger partial charge in [-0.25, -0.2) is 4.39 Å². The molecule has 0 saturated carbocycles. The van der Waals surface area contributed by atoms with Gasteiger partial charge in [-0.3, -0.25) is 9.78 Å². The number of hydrogen-bond donors (Lipinski definition) is 1. The summed E-state index contributed by atoms with van der Waals surface area (Å²) in [4.78, 5) is 16.7. The molecule has 0 unspecified atom stereocenters. The van der Waals surface area contributed by atoms with E-state index in [1.807, 2.05) is 0 Å². The summed E-state index contributed by atoms with van der Waals surface area (Å²) in [6.45, 7) is 0. The second-order valence-electron chi connectivity index (χ2n) is 6.33. The lowest BCUT2D eigenvalue weighted by atomic mass is 9.94. The number of rotatable bonds is 3. The van der Waals surface area contributed by atoms with E-state index in [4.69, 9.17) is 0 Å². The number of anilines is 1. The number of benzene rings is 2. The molecule has 0 aliphatic heterocycles. The van der Waals surface area contributed by atoms with Crippen LogP contribution in [0.1, 0.15) is 15.9 Å². The predicted molar refractivity (Wildman–Crippen MR) is 116 cm³/mol. The molecule has 2 aromatic carbocycles. The van der Waals surface area contributed by atoms with Gasteiger partial charge in [0.25, 0.3) is 5.91 Å². The molecule has 12 heteroatoms. The molecule has 0 aliphatic carbocycles. The van der Waals surface area contributed by atoms with Crippen LogP contribution < -0.4 is 5.32 Å². The molecule has 0 fully saturated rings. The Bertz CT molecular complexity index is 1120. The SMILES string of the molecule is O=C(Nc1c(I)cc(C(F)(C(F)(F)F)C(F)(F)F)cc1I)c1ccc2ncccc2c1. The summed E-state index contributed by atoms with van der Waals surface area (Å²) < 4.78 is 92.2. The van der Waals surface area contributed by atoms with Crippen molar-refractivity contribution in [3.63, 3.8) is 0 Å². The maximum atomic E-state index is 14.4. The summed E-state index contributed by atoms with van der Waals surface area (Å²) in [5.74, 6) is -0.646. The molecule has 0 spiro atoms. The third-order valence-corrected chi connectivity index (χ3v) is 6.03. The van der Waals surface area contributed by atoms with Crippen molar-refractivity contribution in [2.45, 2.75) is 18.0 Å². The summed E-state index contributed by atoms with van der Waals surface area (Å²) in [5.41, 5.74) is -6.37. The van der Waals surface area contributed by atoms with Crippen LogP contribution >= 0.6 is 45.2 Å². The standard InChI is InChI=1S/C19H9F7I2N2O/c20-17(18(21,22)23,19(24,25)26)11-7-12(27)15(13(28)8-11)30-16(31)10-3-4-14-9(6-10)2-1-5-29-14/h1-8H,(H,30,31). The zero-order valence-electron chi connectivity index (χ0n) is 14.9. The Hall–Kier alpha value is -1.71. The monoisotopic (exact) mass is 668 g/mol. The fourth-order valence-corrected chi connectivity index (χ4v) is 4.82. The van der Waals surface area contributed by atoms with Gasteiger partial charge in [-0.1, -0.05) is 6.07 Å². The zero-order valence-corrected chi connectivity index (χ0v) is 19.2. The summed E-state index contributed by atoms with van der Waals surface area (Å²) in [6, 6.07) is 8.82. The topological polar surface area (TPSA) is 42.0 Å². The molecule has 0 bridgehead atoms. The number of hydrogen-bond acceptors (Lipinski definition) is 2. The quantitative estimate of drug-likeness (QED) is 0.242. The van der Waals surface area contributed by atoms with E-state index < -0.39 is 29.5 Å². The van der Waals surface area contributed by atoms with Gasteiger partial charge in [0.15, 0.2) is 0 Å². The van der Waals surface area contributed by atoms with Crippen LogP contribution in [0.25, 0.3) is 10.9 Å². The van der Waals surface area contributed by atoms with E-state index in [0.29, 0.717) is 23.0 Å². The zero-order chi connectivity index (χ0) is 23.2. The average molecular weight is 668 g/mol. The van der Waals surface area contributed by atoms with E-state index in [1.54, 1.807) is 24.4 Å². The molecule has 3 aromatic rings. The van der Waals surface area contributed by atoms with Gasteiger partial charge in [-0.2, -0.15) is 26.3 Å². The molecule has 0 radical (unpaired) electrons. The van der Waals surface area contributed by atoms with E-state index in [2.05, 4.69) is 10.3 Å². The number of amides is 1. The third-order valence-electron chi connectivity index (χ3n) is 4.32. The number of fused-ring (bicyclic) bond motifs is 1. The van der Waals surface area contributed by atoms with Crippen LogP contribution in [-0.4, -0.2) is 23.2 Å². The Morgan fingerprint density at radius 1 is 0.871 bits per heavy atom. The van der Waals surface area contributed by atoms with Gasteiger partial charge in [0.1, 0.15) is 0 Å². The molecule has 1 amide bonds. The number of halogens is 9. The molecule has 1 aromatic heterocycles. The van der Waals surface area contributed by atoms with E-state index >= 15 is 0 Å². The van der Waals surface area contributed by atoms with Crippen LogP contribution in [0.2, 0.25) is 0 Å². The fourth-order valence-electron chi connectivity index (χ4n) is 2.78. The highest BCUT2D eigenvalue weighted by atomic mass is 127. The average Bonchev–Trinajstić information content (AvgIpc) is 2.67. The number of nitrogens with zero attached hydrogens (tertiary/aromatic N) is 1. The minimum absolute atomic E-state index is 0.0343. The first-order valence-electron chi connectivity index (χ1n) is 8.23. The van der Waals surface area contributed by atoms with Crippen molar-refractivity contribution < 1.29 is 35.5 Å². The molecule has 164 valence electrons. The molecule has 0 aliphatic rings. The summed E-state index contributed by atoms with van der Waals surface area (Å²) in [7, 11) is 0. The van der Waals surface area contributed by atoms with Crippen molar-refractivity contribution in [3.05, 3.63) is 66.9 Å². The highest BCUT2D eigenvalue weighted by Gasteiger charge is 2.73. The van der Waals surface area contributed by atoms with Crippen LogP contribution in [0.3, 0.4) is 0 Å². The number of carbonyl (C=O) groups is 1. The molecule has 1 N–H and O–H groups in total. The van der Waals surface area contributed by atoms with Gasteiger partial charge in [0.2, 0.25) is 0 Å². The lowest BCUT2D eigenvalue weighted by Gasteiger charge is -2.31. The Kier molecular flexibility index (Phi) is 6.43. The normalized spacial score (nSPS) is 12.8. The van der Waals surface area contributed by atoms with E-state index in [9.17, 15) is 35.5 Å². The van der Waals surface area contributed by atoms with E-state index in [-0.39, 0.29) is 18.4 Å². The Balaban J connectivity index is 1.99. The summed E-state index contributed by atoms with van der Waals surface area (Å²) in [6.07, 6.45) is -10.9. The molecule has 3 rings (SSSR count). The third kappa shape index (κ3) is 4.45. The lowest BCUT2D eigenvalue weighted by Crippen LogP contribution is -2.50. The number of aromatic nitrogens is 1. The molecular formula is C19H9F7I2N2O. The molecular weight excluding hydrogens is 659 g/mol. The van der Waals surface area contributed by atoms with Gasteiger partial charge in [0.05, 0.1) is 11.2 Å². The van der Waals surface area contributed by atoms with Crippen LogP contribution in [0.15, 0.2) is 48.7 Å². The van der Waals surface area contributed by atoms with E-state index in [0.717, 1.165) is 0 Å². The maximum absolute atomic E-state index is 14.4. The number of nitrogens with one attached hydrogen (secondary N) is 1. The smallest absolute Gasteiger partial charge is 0.320 e. The molecule has 1 heterocycles. The fraction of sp³-hybridized carbons (Fsp3) is 0.158. The lowest BCUT2D eigenvalue weighted by molar-refractivity contribution is -0.348. The predicted octanol–water partition coefficient (Wildman–Crippen LogP) is 6.99. The second kappa shape index (κ2) is 8.33. The first kappa shape index (κ1) is 23.9. The van der Waals surface area contributed by atoms with Crippen molar-refractivity contribution in [2.75, 3.05) is 5.32 Å². The summed E-state index contributed by atoms with van der Waals surface area (Å²) in [5, 5.41) is 3.12. The molecule has 3 nitrogen and oxygen atoms in total. The second-order valence-corrected chi connectivity index (χ2v) is 8.66. The molecule has 0 atom stereocenters. The minimum Gasteiger partial charge on any atom is -0.320 e. The van der Waals surface area contributed by atoms with Crippen molar-refractivity contribution in [3.8, 4) is 0 Å². The van der Waals surface area contributed by atoms with Gasteiger partial charge in [-0.15, -0.1) is 0 Å². The first-order chi connectivity index (χ1) is 14.3. The van der Waals surface area contributed by atoms with Gasteiger partial charge >= 0.3 is 18.0 Å². The van der Waals surface area contributed by atoms with Crippen LogP contribution in [0, 0.1) is 7.14 Å². The van der Waals surface area contributed by atoms with Gasteiger partial charge in [-0.05, 0) is 81.6 Å². The number of carbonyl (C=O) groups excluding carboxylic acids is 1. The molecule has 31 heavy (non-hydrogen) atoms. The van der Waals surface area contributed by atoms with Gasteiger partial charge < -0.3 is 5.32 Å². The van der Waals surface area contributed by atoms with Crippen LogP contribution in [0.5, 0.6) is 0 Å². The number of pyridine rings is 1. The minimum atomic E-state index is -6.22. The highest BCUT2D eigenvalue weighted by Crippen LogP contribution is 2.54. The number of alkyl halides is 7. The Morgan fingerprint density at radius 3 is 2.00 bits per heavy atom. The first-order valence-corrected chi connectivity index (χ1v) is 10.4. The van der Waals surface area contributed by atoms with Crippen molar-refractivity contribution in [1.29, 1.82) is 0 Å². The van der Waals surface area contributed by atoms with Crippen molar-refractivity contribution in [1.82, 2.24) is 4.98 Å². The largest absolute Gasteiger partial charge is 0.435 e.